The third-order valence-corrected chi connectivity index (χ3v) is 4.55. The highest BCUT2D eigenvalue weighted by Gasteiger charge is 2.25. The molecule has 2 aromatic carbocycles. The highest BCUT2D eigenvalue weighted by molar-refractivity contribution is 6.27. The Kier molecular flexibility index (Phi) is 5.05. The molecule has 0 atom stereocenters. The number of benzene rings is 2. The molecule has 0 aliphatic rings. The van der Waals surface area contributed by atoms with Gasteiger partial charge < -0.3 is 5.32 Å². The van der Waals surface area contributed by atoms with Gasteiger partial charge in [0.25, 0.3) is 0 Å². The van der Waals surface area contributed by atoms with Crippen LogP contribution in [0.2, 0.25) is 0 Å². The number of carbonyl (C=O) groups is 1. The molecule has 3 aromatic rings. The van der Waals surface area contributed by atoms with Gasteiger partial charge in [0, 0.05) is 11.6 Å². The molecule has 0 aliphatic carbocycles. The summed E-state index contributed by atoms with van der Waals surface area (Å²) in [6, 6.07) is 18.4. The zero-order chi connectivity index (χ0) is 17.9. The van der Waals surface area contributed by atoms with E-state index < -0.39 is 5.54 Å². The molecule has 1 aromatic heterocycles. The lowest BCUT2D eigenvalue weighted by Crippen LogP contribution is -2.42. The van der Waals surface area contributed by atoms with E-state index in [0.29, 0.717) is 0 Å². The number of amides is 1. The van der Waals surface area contributed by atoms with E-state index in [0.717, 1.165) is 28.5 Å². The number of fused-ring (bicyclic) bond motifs is 1. The predicted molar refractivity (Wildman–Crippen MR) is 103 cm³/mol. The molecular weight excluding hydrogens is 332 g/mol. The Morgan fingerprint density at radius 1 is 1.12 bits per heavy atom. The maximum absolute atomic E-state index is 11.8. The van der Waals surface area contributed by atoms with E-state index in [1.54, 1.807) is 0 Å². The zero-order valence-corrected chi connectivity index (χ0v) is 15.2. The summed E-state index contributed by atoms with van der Waals surface area (Å²) in [5.74, 6) is -0.214. The fourth-order valence-electron chi connectivity index (χ4n) is 3.17. The first-order chi connectivity index (χ1) is 12.0. The van der Waals surface area contributed by atoms with Crippen LogP contribution in [0, 0.1) is 0 Å². The van der Waals surface area contributed by atoms with Gasteiger partial charge in [-0.1, -0.05) is 42.5 Å². The SMILES string of the molecule is CC(C)(NC(=O)CCl)c1ccccc1Cc1cnc2ccccc2c1. The number of carbonyl (C=O) groups excluding carboxylic acids is 1. The first kappa shape index (κ1) is 17.4. The molecule has 4 heteroatoms. The monoisotopic (exact) mass is 352 g/mol. The Balaban J connectivity index is 1.93. The van der Waals surface area contributed by atoms with Crippen molar-refractivity contribution in [3.63, 3.8) is 0 Å². The van der Waals surface area contributed by atoms with E-state index in [1.807, 2.05) is 50.4 Å². The highest BCUT2D eigenvalue weighted by atomic mass is 35.5. The largest absolute Gasteiger partial charge is 0.346 e. The number of hydrogen-bond donors (Lipinski definition) is 1. The summed E-state index contributed by atoms with van der Waals surface area (Å²) < 4.78 is 0. The van der Waals surface area contributed by atoms with Crippen LogP contribution in [-0.2, 0) is 16.8 Å². The smallest absolute Gasteiger partial charge is 0.235 e. The molecule has 25 heavy (non-hydrogen) atoms. The van der Waals surface area contributed by atoms with E-state index in [1.165, 1.54) is 5.56 Å². The van der Waals surface area contributed by atoms with Crippen molar-refractivity contribution in [3.8, 4) is 0 Å². The van der Waals surface area contributed by atoms with Crippen molar-refractivity contribution >= 4 is 28.4 Å². The molecule has 0 unspecified atom stereocenters. The van der Waals surface area contributed by atoms with Crippen LogP contribution in [0.4, 0.5) is 0 Å². The molecule has 3 rings (SSSR count). The summed E-state index contributed by atoms with van der Waals surface area (Å²) in [7, 11) is 0. The van der Waals surface area contributed by atoms with Crippen LogP contribution < -0.4 is 5.32 Å². The van der Waals surface area contributed by atoms with Gasteiger partial charge in [0.1, 0.15) is 5.88 Å². The number of alkyl halides is 1. The average Bonchev–Trinajstić information content (AvgIpc) is 2.61. The van der Waals surface area contributed by atoms with Crippen molar-refractivity contribution in [3.05, 3.63) is 77.5 Å². The molecular formula is C21H21ClN2O. The summed E-state index contributed by atoms with van der Waals surface area (Å²) in [5, 5.41) is 4.12. The molecule has 128 valence electrons. The number of halogens is 1. The molecule has 0 fully saturated rings. The van der Waals surface area contributed by atoms with Crippen molar-refractivity contribution < 1.29 is 4.79 Å². The minimum atomic E-state index is -0.493. The summed E-state index contributed by atoms with van der Waals surface area (Å²) in [6.45, 7) is 3.99. The van der Waals surface area contributed by atoms with Crippen LogP contribution >= 0.6 is 11.6 Å². The molecule has 0 aliphatic heterocycles. The second-order valence-corrected chi connectivity index (χ2v) is 6.94. The Morgan fingerprint density at radius 2 is 1.84 bits per heavy atom. The molecule has 3 nitrogen and oxygen atoms in total. The van der Waals surface area contributed by atoms with E-state index in [-0.39, 0.29) is 11.8 Å². The normalized spacial score (nSPS) is 11.5. The van der Waals surface area contributed by atoms with E-state index in [2.05, 4.69) is 34.6 Å². The van der Waals surface area contributed by atoms with Crippen LogP contribution in [0.15, 0.2) is 60.8 Å². The van der Waals surface area contributed by atoms with Gasteiger partial charge in [0.2, 0.25) is 5.91 Å². The van der Waals surface area contributed by atoms with Gasteiger partial charge in [-0.25, -0.2) is 0 Å². The van der Waals surface area contributed by atoms with Gasteiger partial charge in [-0.3, -0.25) is 9.78 Å². The molecule has 0 saturated carbocycles. The Bertz CT molecular complexity index is 905. The first-order valence-electron chi connectivity index (χ1n) is 8.28. The summed E-state index contributed by atoms with van der Waals surface area (Å²) in [5.41, 5.74) is 3.90. The Morgan fingerprint density at radius 3 is 2.64 bits per heavy atom. The lowest BCUT2D eigenvalue weighted by atomic mass is 9.87. The Hall–Kier alpha value is -2.39. The van der Waals surface area contributed by atoms with Gasteiger partial charge in [0.15, 0.2) is 0 Å². The predicted octanol–water partition coefficient (Wildman–Crippen LogP) is 4.42. The number of pyridine rings is 1. The lowest BCUT2D eigenvalue weighted by molar-refractivity contribution is -0.120. The van der Waals surface area contributed by atoms with Crippen molar-refractivity contribution in [2.24, 2.45) is 0 Å². The third-order valence-electron chi connectivity index (χ3n) is 4.31. The molecule has 1 heterocycles. The summed E-state index contributed by atoms with van der Waals surface area (Å²) in [6.07, 6.45) is 2.68. The number of hydrogen-bond acceptors (Lipinski definition) is 2. The number of para-hydroxylation sites is 1. The van der Waals surface area contributed by atoms with E-state index >= 15 is 0 Å². The van der Waals surface area contributed by atoms with Crippen LogP contribution in [-0.4, -0.2) is 16.8 Å². The van der Waals surface area contributed by atoms with Crippen LogP contribution in [0.3, 0.4) is 0 Å². The van der Waals surface area contributed by atoms with Crippen molar-refractivity contribution in [2.75, 3.05) is 5.88 Å². The Labute approximate surface area is 153 Å². The molecule has 0 bridgehead atoms. The first-order valence-corrected chi connectivity index (χ1v) is 8.82. The van der Waals surface area contributed by atoms with Gasteiger partial charge >= 0.3 is 0 Å². The molecule has 0 spiro atoms. The quantitative estimate of drug-likeness (QED) is 0.691. The molecule has 1 amide bonds. The van der Waals surface area contributed by atoms with Crippen molar-refractivity contribution in [1.29, 1.82) is 0 Å². The third kappa shape index (κ3) is 3.99. The summed E-state index contributed by atoms with van der Waals surface area (Å²) in [4.78, 5) is 16.3. The topological polar surface area (TPSA) is 42.0 Å². The maximum Gasteiger partial charge on any atom is 0.235 e. The number of rotatable bonds is 5. The van der Waals surface area contributed by atoms with Gasteiger partial charge in [-0.05, 0) is 49.1 Å². The number of nitrogens with zero attached hydrogens (tertiary/aromatic N) is 1. The highest BCUT2D eigenvalue weighted by Crippen LogP contribution is 2.26. The summed E-state index contributed by atoms with van der Waals surface area (Å²) >= 11 is 5.65. The van der Waals surface area contributed by atoms with Crippen LogP contribution in [0.5, 0.6) is 0 Å². The molecule has 0 radical (unpaired) electrons. The second-order valence-electron chi connectivity index (χ2n) is 6.68. The minimum absolute atomic E-state index is 0.0415. The lowest BCUT2D eigenvalue weighted by Gasteiger charge is -2.29. The van der Waals surface area contributed by atoms with Gasteiger partial charge in [-0.2, -0.15) is 0 Å². The van der Waals surface area contributed by atoms with Crippen molar-refractivity contribution in [1.82, 2.24) is 10.3 Å². The average molecular weight is 353 g/mol. The second kappa shape index (κ2) is 7.24. The fraction of sp³-hybridized carbons (Fsp3) is 0.238. The van der Waals surface area contributed by atoms with Crippen LogP contribution in [0.25, 0.3) is 10.9 Å². The number of aromatic nitrogens is 1. The van der Waals surface area contributed by atoms with Crippen molar-refractivity contribution in [2.45, 2.75) is 25.8 Å². The molecule has 1 N–H and O–H groups in total. The van der Waals surface area contributed by atoms with Crippen LogP contribution in [0.1, 0.15) is 30.5 Å². The standard InChI is InChI=1S/C21H21ClN2O/c1-21(2,24-20(25)13-22)18-9-5-3-7-16(18)11-15-12-17-8-4-6-10-19(17)23-14-15/h3-10,12,14H,11,13H2,1-2H3,(H,24,25). The molecule has 0 saturated heterocycles. The van der Waals surface area contributed by atoms with Gasteiger partial charge in [0.05, 0.1) is 11.1 Å². The maximum atomic E-state index is 11.8. The van der Waals surface area contributed by atoms with E-state index in [4.69, 9.17) is 11.6 Å². The number of nitrogens with one attached hydrogen (secondary N) is 1. The minimum Gasteiger partial charge on any atom is -0.346 e. The zero-order valence-electron chi connectivity index (χ0n) is 14.4. The van der Waals surface area contributed by atoms with Gasteiger partial charge in [-0.15, -0.1) is 11.6 Å². The van der Waals surface area contributed by atoms with E-state index in [9.17, 15) is 4.79 Å². The fourth-order valence-corrected chi connectivity index (χ4v) is 3.23.